The first kappa shape index (κ1) is 12.1. The second-order valence-corrected chi connectivity index (χ2v) is 15.3. The molecule has 70 valence electrons. The normalized spacial score (nSPS) is 15.9. The average molecular weight is 290 g/mol. The summed E-state index contributed by atoms with van der Waals surface area (Å²) in [6.07, 6.45) is 3.65. The zero-order chi connectivity index (χ0) is 8.98. The van der Waals surface area contributed by atoms with Crippen molar-refractivity contribution < 1.29 is 4.52 Å². The molecule has 0 aliphatic carbocycles. The van der Waals surface area contributed by atoms with E-state index in [0.29, 0.717) is 0 Å². The molecule has 0 aromatic heterocycles. The molecule has 0 radical (unpaired) electrons. The summed E-state index contributed by atoms with van der Waals surface area (Å²) < 4.78 is 4.27. The van der Waals surface area contributed by atoms with Gasteiger partial charge in [-0.1, -0.05) is 0 Å². The van der Waals surface area contributed by atoms with Gasteiger partial charge in [-0.2, -0.15) is 0 Å². The summed E-state index contributed by atoms with van der Waals surface area (Å²) in [5.41, 5.74) is 0. The minimum absolute atomic E-state index is 0.871. The third kappa shape index (κ3) is 2.82. The van der Waals surface area contributed by atoms with Crippen LogP contribution in [-0.2, 0) is 4.52 Å². The predicted octanol–water partition coefficient (Wildman–Crippen LogP) is 3.90. The van der Waals surface area contributed by atoms with Gasteiger partial charge in [0.25, 0.3) is 0 Å². The molecular formula is C8H20IOP. The standard InChI is InChI=1S/C8H20IOP/c1-5-10-11(9,6-2,7-3)8-4/h5-8H2,1-4H3. The number of hydrogen-bond donors (Lipinski definition) is 0. The second kappa shape index (κ2) is 4.38. The molecule has 0 spiro atoms. The first-order valence-electron chi connectivity index (χ1n) is 4.42. The molecule has 0 amide bonds. The summed E-state index contributed by atoms with van der Waals surface area (Å²) in [4.78, 5) is 0. The van der Waals surface area contributed by atoms with E-state index >= 15 is 0 Å². The van der Waals surface area contributed by atoms with Gasteiger partial charge in [0.2, 0.25) is 0 Å². The first-order valence-corrected chi connectivity index (χ1v) is 9.91. The van der Waals surface area contributed by atoms with E-state index in [1.165, 1.54) is 18.5 Å². The second-order valence-electron chi connectivity index (χ2n) is 2.85. The topological polar surface area (TPSA) is 9.23 Å². The molecule has 0 bridgehead atoms. The van der Waals surface area contributed by atoms with E-state index in [1.54, 1.807) is 0 Å². The van der Waals surface area contributed by atoms with Crippen molar-refractivity contribution in [2.75, 3.05) is 25.1 Å². The Morgan fingerprint density at radius 2 is 1.36 bits per heavy atom. The zero-order valence-corrected chi connectivity index (χ0v) is 11.1. The van der Waals surface area contributed by atoms with Gasteiger partial charge in [-0.15, -0.1) is 0 Å². The van der Waals surface area contributed by atoms with E-state index in [4.69, 9.17) is 4.52 Å². The third-order valence-corrected chi connectivity index (χ3v) is 14.6. The summed E-state index contributed by atoms with van der Waals surface area (Å²) in [5.74, 6) is 0. The van der Waals surface area contributed by atoms with Crippen LogP contribution in [0.2, 0.25) is 0 Å². The molecule has 0 unspecified atom stereocenters. The van der Waals surface area contributed by atoms with Crippen molar-refractivity contribution in [3.63, 3.8) is 0 Å². The summed E-state index contributed by atoms with van der Waals surface area (Å²) in [6, 6.07) is 0. The Morgan fingerprint density at radius 1 is 1.00 bits per heavy atom. The Labute approximate surface area is 83.8 Å². The molecule has 0 N–H and O–H groups in total. The molecule has 0 aromatic carbocycles. The van der Waals surface area contributed by atoms with E-state index < -0.39 is 4.47 Å². The molecule has 0 fully saturated rings. The Kier molecular flexibility index (Phi) is 4.83. The Hall–Kier alpha value is 1.12. The summed E-state index contributed by atoms with van der Waals surface area (Å²) in [5, 5.41) is 0. The maximum absolute atomic E-state index is 5.98. The van der Waals surface area contributed by atoms with Crippen LogP contribution in [0.3, 0.4) is 0 Å². The third-order valence-electron chi connectivity index (χ3n) is 2.54. The van der Waals surface area contributed by atoms with Crippen LogP contribution in [0.25, 0.3) is 0 Å². The molecule has 0 saturated carbocycles. The molecule has 1 nitrogen and oxygen atoms in total. The van der Waals surface area contributed by atoms with Crippen molar-refractivity contribution in [3.05, 3.63) is 0 Å². The van der Waals surface area contributed by atoms with Crippen LogP contribution >= 0.6 is 26.5 Å². The van der Waals surface area contributed by atoms with Crippen molar-refractivity contribution in [1.29, 1.82) is 0 Å². The molecule has 0 saturated heterocycles. The van der Waals surface area contributed by atoms with Crippen molar-refractivity contribution in [2.24, 2.45) is 0 Å². The number of halogens is 1. The molecule has 0 aromatic rings. The van der Waals surface area contributed by atoms with Crippen LogP contribution in [0.15, 0.2) is 0 Å². The van der Waals surface area contributed by atoms with Gasteiger partial charge in [-0.25, -0.2) is 0 Å². The van der Waals surface area contributed by atoms with Crippen LogP contribution in [0.4, 0.5) is 0 Å². The first-order chi connectivity index (χ1) is 5.04. The van der Waals surface area contributed by atoms with Crippen LogP contribution in [0.5, 0.6) is 0 Å². The van der Waals surface area contributed by atoms with Gasteiger partial charge in [0.1, 0.15) is 0 Å². The van der Waals surface area contributed by atoms with Gasteiger partial charge in [0, 0.05) is 0 Å². The van der Waals surface area contributed by atoms with Crippen molar-refractivity contribution in [3.8, 4) is 0 Å². The van der Waals surface area contributed by atoms with Crippen LogP contribution in [0, 0.1) is 0 Å². The fraction of sp³-hybridized carbons (Fsp3) is 1.00. The quantitative estimate of drug-likeness (QED) is 0.551. The number of hydrogen-bond acceptors (Lipinski definition) is 1. The van der Waals surface area contributed by atoms with Crippen LogP contribution in [-0.4, -0.2) is 25.1 Å². The fourth-order valence-corrected chi connectivity index (χ4v) is 4.64. The predicted molar refractivity (Wildman–Crippen MR) is 64.2 cm³/mol. The van der Waals surface area contributed by atoms with E-state index in [0.717, 1.165) is 6.61 Å². The molecular weight excluding hydrogens is 270 g/mol. The summed E-state index contributed by atoms with van der Waals surface area (Å²) >= 11 is 2.61. The molecule has 0 aliphatic rings. The monoisotopic (exact) mass is 290 g/mol. The molecule has 0 aliphatic heterocycles. The summed E-state index contributed by atoms with van der Waals surface area (Å²) in [6.45, 7) is 9.74. The zero-order valence-electron chi connectivity index (χ0n) is 8.06. The fourth-order valence-electron chi connectivity index (χ4n) is 1.27. The maximum atomic E-state index is 5.98. The molecule has 0 atom stereocenters. The van der Waals surface area contributed by atoms with E-state index in [2.05, 4.69) is 49.7 Å². The molecule has 0 heterocycles. The summed E-state index contributed by atoms with van der Waals surface area (Å²) in [7, 11) is 0. The van der Waals surface area contributed by atoms with E-state index in [9.17, 15) is 0 Å². The van der Waals surface area contributed by atoms with Crippen LogP contribution < -0.4 is 0 Å². The average Bonchev–Trinajstić information content (AvgIpc) is 2.06. The van der Waals surface area contributed by atoms with E-state index in [-0.39, 0.29) is 0 Å². The van der Waals surface area contributed by atoms with Gasteiger partial charge in [0.15, 0.2) is 0 Å². The van der Waals surface area contributed by atoms with Crippen molar-refractivity contribution in [2.45, 2.75) is 27.7 Å². The molecule has 3 heteroatoms. The van der Waals surface area contributed by atoms with Gasteiger partial charge in [-0.3, -0.25) is 0 Å². The van der Waals surface area contributed by atoms with Gasteiger partial charge in [-0.05, 0) is 0 Å². The van der Waals surface area contributed by atoms with Crippen molar-refractivity contribution >= 4 is 26.5 Å². The van der Waals surface area contributed by atoms with Gasteiger partial charge in [0.05, 0.1) is 0 Å². The van der Waals surface area contributed by atoms with Crippen LogP contribution in [0.1, 0.15) is 27.7 Å². The van der Waals surface area contributed by atoms with Gasteiger partial charge < -0.3 is 0 Å². The Bertz CT molecular complexity index is 112. The van der Waals surface area contributed by atoms with Crippen molar-refractivity contribution in [1.82, 2.24) is 0 Å². The molecule has 11 heavy (non-hydrogen) atoms. The minimum atomic E-state index is -1.71. The number of rotatable bonds is 5. The van der Waals surface area contributed by atoms with E-state index in [1.807, 2.05) is 0 Å². The SMILES string of the molecule is CCOP(I)(CC)(CC)CC. The Morgan fingerprint density at radius 3 is 1.45 bits per heavy atom. The molecule has 0 rings (SSSR count). The Balaban J connectivity index is 4.44. The van der Waals surface area contributed by atoms with Gasteiger partial charge >= 0.3 is 83.8 Å².